The summed E-state index contributed by atoms with van der Waals surface area (Å²) in [4.78, 5) is 4.09. The van der Waals surface area contributed by atoms with Gasteiger partial charge in [-0.25, -0.2) is 0 Å². The van der Waals surface area contributed by atoms with E-state index in [1.165, 1.54) is 0 Å². The summed E-state index contributed by atoms with van der Waals surface area (Å²) >= 11 is 0. The van der Waals surface area contributed by atoms with E-state index in [1.807, 2.05) is 36.4 Å². The van der Waals surface area contributed by atoms with Gasteiger partial charge in [0, 0.05) is 10.6 Å². The van der Waals surface area contributed by atoms with Gasteiger partial charge in [-0.1, -0.05) is 36.4 Å². The first kappa shape index (κ1) is 14.6. The lowest BCUT2D eigenvalue weighted by Gasteiger charge is -2.13. The summed E-state index contributed by atoms with van der Waals surface area (Å²) in [5.74, 6) is 0. The molecule has 0 aliphatic rings. The fourth-order valence-corrected chi connectivity index (χ4v) is 3.69. The molecule has 1 N–H and O–H groups in total. The van der Waals surface area contributed by atoms with Crippen molar-refractivity contribution in [1.29, 1.82) is 0 Å². The average molecular weight is 288 g/mol. The van der Waals surface area contributed by atoms with Crippen molar-refractivity contribution in [2.24, 2.45) is 10.00 Å². The third-order valence-electron chi connectivity index (χ3n) is 2.85. The molecule has 0 radical (unpaired) electrons. The van der Waals surface area contributed by atoms with Gasteiger partial charge in [0.05, 0.1) is 12.6 Å². The number of aliphatic hydroxyl groups excluding tert-OH is 1. The molecule has 0 aromatic heterocycles. The number of nitrogens with zero attached hydrogens (tertiary/aromatic N) is 2. The van der Waals surface area contributed by atoms with Crippen molar-refractivity contribution in [2.75, 3.05) is 6.61 Å². The fraction of sp³-hybridized carbons (Fsp3) is 0.200. The Labute approximate surface area is 118 Å². The van der Waals surface area contributed by atoms with Crippen molar-refractivity contribution in [3.8, 4) is 0 Å². The third kappa shape index (κ3) is 3.21. The molecule has 20 heavy (non-hydrogen) atoms. The molecule has 0 amide bonds. The normalized spacial score (nSPS) is 13.5. The maximum absolute atomic E-state index is 13.3. The van der Waals surface area contributed by atoms with Crippen LogP contribution in [-0.4, -0.2) is 17.8 Å². The molecule has 1 unspecified atom stereocenters. The third-order valence-corrected chi connectivity index (χ3v) is 5.20. The molecule has 104 valence electrons. The quantitative estimate of drug-likeness (QED) is 0.679. The van der Waals surface area contributed by atoms with Crippen LogP contribution in [0.15, 0.2) is 70.7 Å². The predicted molar refractivity (Wildman–Crippen MR) is 81.2 cm³/mol. The van der Waals surface area contributed by atoms with Crippen LogP contribution in [0.4, 0.5) is 0 Å². The van der Waals surface area contributed by atoms with Gasteiger partial charge in [0.1, 0.15) is 0 Å². The zero-order valence-corrected chi connectivity index (χ0v) is 12.1. The summed E-state index contributed by atoms with van der Waals surface area (Å²) in [6, 6.07) is 17.8. The first-order valence-corrected chi connectivity index (χ1v) is 8.07. The van der Waals surface area contributed by atoms with E-state index in [9.17, 15) is 4.57 Å². The molecular formula is C15H17N2O2P. The lowest BCUT2D eigenvalue weighted by molar-refractivity contribution is 0.271. The van der Waals surface area contributed by atoms with E-state index in [0.29, 0.717) is 10.6 Å². The van der Waals surface area contributed by atoms with Crippen LogP contribution in [0.1, 0.15) is 6.92 Å². The van der Waals surface area contributed by atoms with E-state index in [2.05, 4.69) is 10.00 Å². The Morgan fingerprint density at radius 2 is 1.45 bits per heavy atom. The molecule has 0 spiro atoms. The molecule has 2 aromatic rings. The molecule has 4 nitrogen and oxygen atoms in total. The minimum Gasteiger partial charge on any atom is -0.394 e. The van der Waals surface area contributed by atoms with Gasteiger partial charge in [-0.15, -0.1) is 4.88 Å². The number of hydrogen-bond acceptors (Lipinski definition) is 3. The van der Waals surface area contributed by atoms with Gasteiger partial charge in [-0.2, -0.15) is 5.11 Å². The summed E-state index contributed by atoms with van der Waals surface area (Å²) in [7, 11) is -3.14. The second kappa shape index (κ2) is 6.60. The Hall–Kier alpha value is -1.77. The number of rotatable bonds is 5. The zero-order valence-electron chi connectivity index (χ0n) is 11.3. The highest BCUT2D eigenvalue weighted by Crippen LogP contribution is 2.45. The molecule has 0 aliphatic heterocycles. The Bertz CT molecular complexity index is 571. The van der Waals surface area contributed by atoms with Crippen LogP contribution < -0.4 is 10.6 Å². The van der Waals surface area contributed by atoms with E-state index >= 15 is 0 Å². The van der Waals surface area contributed by atoms with Gasteiger partial charge in [0.25, 0.3) is 7.29 Å². The fourth-order valence-electron chi connectivity index (χ4n) is 1.71. The molecular weight excluding hydrogens is 271 g/mol. The number of aliphatic hydroxyl groups is 1. The lowest BCUT2D eigenvalue weighted by Crippen LogP contribution is -2.14. The molecule has 2 rings (SSSR count). The minimum absolute atomic E-state index is 0.118. The number of hydrogen-bond donors (Lipinski definition) is 1. The highest BCUT2D eigenvalue weighted by Gasteiger charge is 2.27. The molecule has 1 atom stereocenters. The van der Waals surface area contributed by atoms with E-state index in [-0.39, 0.29) is 12.6 Å². The summed E-state index contributed by atoms with van der Waals surface area (Å²) < 4.78 is 13.3. The van der Waals surface area contributed by atoms with Crippen molar-refractivity contribution in [3.63, 3.8) is 0 Å². The predicted octanol–water partition coefficient (Wildman–Crippen LogP) is 2.75. The van der Waals surface area contributed by atoms with E-state index in [1.54, 1.807) is 31.2 Å². The molecule has 5 heteroatoms. The van der Waals surface area contributed by atoms with Crippen LogP contribution in [0, 0.1) is 0 Å². The summed E-state index contributed by atoms with van der Waals surface area (Å²) in [6.07, 6.45) is 0. The maximum Gasteiger partial charge on any atom is 0.265 e. The zero-order chi connectivity index (χ0) is 14.4. The topological polar surface area (TPSA) is 62.0 Å². The van der Waals surface area contributed by atoms with Gasteiger partial charge in [0.15, 0.2) is 0 Å². The standard InChI is InChI=1S/C15H17N2O2P/c1-13(12-18)16-17-20(19,14-8-4-2-5-9-14)15-10-6-3-7-11-15/h2-11,13,18H,12H2,1H3/b17-16+. The second-order valence-electron chi connectivity index (χ2n) is 4.48. The van der Waals surface area contributed by atoms with Crippen molar-refractivity contribution in [2.45, 2.75) is 13.0 Å². The Morgan fingerprint density at radius 3 is 1.85 bits per heavy atom. The summed E-state index contributed by atoms with van der Waals surface area (Å²) in [6.45, 7) is 1.61. The summed E-state index contributed by atoms with van der Waals surface area (Å²) in [5.41, 5.74) is 0. The minimum atomic E-state index is -3.14. The van der Waals surface area contributed by atoms with Crippen molar-refractivity contribution >= 4 is 17.9 Å². The molecule has 0 aliphatic carbocycles. The smallest absolute Gasteiger partial charge is 0.265 e. The highest BCUT2D eigenvalue weighted by molar-refractivity contribution is 7.77. The highest BCUT2D eigenvalue weighted by atomic mass is 31.2. The molecule has 0 saturated carbocycles. The first-order valence-electron chi connectivity index (χ1n) is 6.41. The van der Waals surface area contributed by atoms with E-state index in [4.69, 9.17) is 5.11 Å². The molecule has 2 aromatic carbocycles. The van der Waals surface area contributed by atoms with E-state index in [0.717, 1.165) is 0 Å². The molecule has 0 heterocycles. The Kier molecular flexibility index (Phi) is 4.83. The van der Waals surface area contributed by atoms with Crippen LogP contribution in [-0.2, 0) is 4.57 Å². The van der Waals surface area contributed by atoms with Crippen LogP contribution in [0.25, 0.3) is 0 Å². The lowest BCUT2D eigenvalue weighted by atomic mass is 10.4. The van der Waals surface area contributed by atoms with Gasteiger partial charge >= 0.3 is 0 Å². The summed E-state index contributed by atoms with van der Waals surface area (Å²) in [5, 5.41) is 14.3. The molecule has 0 saturated heterocycles. The van der Waals surface area contributed by atoms with Gasteiger partial charge in [-0.05, 0) is 31.2 Å². The Morgan fingerprint density at radius 1 is 1.00 bits per heavy atom. The largest absolute Gasteiger partial charge is 0.394 e. The monoisotopic (exact) mass is 288 g/mol. The van der Waals surface area contributed by atoms with E-state index < -0.39 is 7.29 Å². The van der Waals surface area contributed by atoms with Crippen LogP contribution in [0.3, 0.4) is 0 Å². The SMILES string of the molecule is CC(CO)/N=N/P(=O)(c1ccccc1)c1ccccc1. The second-order valence-corrected chi connectivity index (χ2v) is 6.85. The van der Waals surface area contributed by atoms with Gasteiger partial charge < -0.3 is 5.11 Å². The average Bonchev–Trinajstić information content (AvgIpc) is 2.54. The van der Waals surface area contributed by atoms with Crippen LogP contribution in [0.5, 0.6) is 0 Å². The van der Waals surface area contributed by atoms with Crippen LogP contribution >= 0.6 is 7.29 Å². The van der Waals surface area contributed by atoms with Crippen molar-refractivity contribution < 1.29 is 9.67 Å². The Balaban J connectivity index is 2.50. The van der Waals surface area contributed by atoms with Gasteiger partial charge in [0.2, 0.25) is 0 Å². The van der Waals surface area contributed by atoms with Crippen molar-refractivity contribution in [1.82, 2.24) is 0 Å². The molecule has 0 fully saturated rings. The van der Waals surface area contributed by atoms with Crippen molar-refractivity contribution in [3.05, 3.63) is 60.7 Å². The maximum atomic E-state index is 13.3. The molecule has 0 bridgehead atoms. The van der Waals surface area contributed by atoms with Crippen LogP contribution in [0.2, 0.25) is 0 Å². The first-order chi connectivity index (χ1) is 9.66. The van der Waals surface area contributed by atoms with Gasteiger partial charge in [-0.3, -0.25) is 4.57 Å². The number of benzene rings is 2.